The predicted octanol–water partition coefficient (Wildman–Crippen LogP) is 29.3. The molecule has 0 bridgehead atoms. The van der Waals surface area contributed by atoms with Crippen molar-refractivity contribution in [1.29, 1.82) is 0 Å². The fourth-order valence-corrected chi connectivity index (χ4v) is 20.7. The molecule has 4 heterocycles. The van der Waals surface area contributed by atoms with Crippen LogP contribution in [0.15, 0.2) is 332 Å². The van der Waals surface area contributed by atoms with Crippen molar-refractivity contribution in [3.05, 3.63) is 328 Å². The smallest absolute Gasteiger partial charge is 0.143 e. The molecule has 462 valence electrons. The quantitative estimate of drug-likeness (QED) is 0.145. The molecule has 18 aromatic carbocycles. The molecule has 0 atom stereocenters. The van der Waals surface area contributed by atoms with E-state index < -0.39 is 0 Å². The van der Waals surface area contributed by atoms with Crippen LogP contribution in [0.2, 0.25) is 0 Å². The number of benzene rings is 18. The summed E-state index contributed by atoms with van der Waals surface area (Å²) >= 11 is 5.71. The zero-order chi connectivity index (χ0) is 65.3. The van der Waals surface area contributed by atoms with Gasteiger partial charge in [0.05, 0.1) is 0 Å². The van der Waals surface area contributed by atoms with Gasteiger partial charge in [0.2, 0.25) is 0 Å². The van der Waals surface area contributed by atoms with E-state index in [1.165, 1.54) is 181 Å². The van der Waals surface area contributed by atoms with E-state index in [1.54, 1.807) is 0 Å². The number of hydrogen-bond acceptors (Lipinski definition) is 4. The molecule has 0 N–H and O–H groups in total. The Morgan fingerprint density at radius 3 is 1.06 bits per heavy atom. The number of rotatable bonds is 7. The van der Waals surface area contributed by atoms with Crippen molar-refractivity contribution >= 4 is 181 Å². The minimum atomic E-state index is 0.891. The largest absolute Gasteiger partial charge is 0.455 e. The lowest BCUT2D eigenvalue weighted by Crippen LogP contribution is -1.89. The summed E-state index contributed by atoms with van der Waals surface area (Å²) in [6.07, 6.45) is 0. The summed E-state index contributed by atoms with van der Waals surface area (Å²) in [5.41, 5.74) is 18.5. The van der Waals surface area contributed by atoms with Gasteiger partial charge in [-0.15, -0.1) is 34.0 Å². The number of hydrogen-bond donors (Lipinski definition) is 0. The summed E-state index contributed by atoms with van der Waals surface area (Å²) in [6.45, 7) is 0. The van der Waals surface area contributed by atoms with Crippen LogP contribution in [0.25, 0.3) is 225 Å². The highest BCUT2D eigenvalue weighted by Crippen LogP contribution is 2.51. The predicted molar refractivity (Wildman–Crippen MR) is 435 cm³/mol. The van der Waals surface area contributed by atoms with E-state index in [9.17, 15) is 0 Å². The Labute approximate surface area is 586 Å². The minimum Gasteiger partial charge on any atom is -0.455 e. The second kappa shape index (κ2) is 21.7. The van der Waals surface area contributed by atoms with Gasteiger partial charge >= 0.3 is 0 Å². The first-order chi connectivity index (χ1) is 49.6. The third-order valence-corrected chi connectivity index (χ3v) is 25.2. The molecule has 0 saturated heterocycles. The van der Waals surface area contributed by atoms with Crippen LogP contribution in [-0.4, -0.2) is 0 Å². The maximum atomic E-state index is 7.26. The lowest BCUT2D eigenvalue weighted by atomic mass is 9.87. The van der Waals surface area contributed by atoms with Crippen molar-refractivity contribution in [3.63, 3.8) is 0 Å². The second-order valence-electron chi connectivity index (χ2n) is 26.8. The highest BCUT2D eigenvalue weighted by molar-refractivity contribution is 7.28. The Balaban J connectivity index is 0.626. The van der Waals surface area contributed by atoms with Crippen LogP contribution < -0.4 is 0 Å². The SMILES string of the molecule is c1cc(-c2ccc3sc4c(-c5cccc6c5sc5ccccc56)cccc4c3c2)cc(-c2cccc3c2oc2c(-c4ccc5c(c4)c4ccccc4c4cccc(-c6cccc(-c7cccc8c7sc7c(-c9ccc%10c%11ccccc%11c%11ccccc%11c%10c9)cccc78)c6)c45)cccc23)c1. The summed E-state index contributed by atoms with van der Waals surface area (Å²) in [5.74, 6) is 0. The standard InChI is InChI=1S/C96H54OS3/c1-2-24-69-67(22-1)68-23-3-5-26-71(68)85-54-61(44-47-73(69)85)66-33-15-39-81-80-38-14-32-65(93(80)100-94(66)81)59-21-10-19-57(51-59)62-29-11-34-75-70-25-4-6-27-72(70)86-53-60(45-48-76(86)90(62)75)64-31-13-36-78-77-35-12-30-63(91(77)97-92(64)78)58-20-9-18-55(50-58)56-46-49-89-87(52-56)84-42-17-41-83(96(84)99-89)82-40-16-37-79-74-28-7-8-43-88(74)98-95(79)82/h1-54H. The van der Waals surface area contributed by atoms with Crippen molar-refractivity contribution in [2.24, 2.45) is 0 Å². The molecular formula is C96H54OS3. The lowest BCUT2D eigenvalue weighted by molar-refractivity contribution is 0.671. The summed E-state index contributed by atoms with van der Waals surface area (Å²) in [5, 5.41) is 25.2. The molecule has 0 spiro atoms. The Hall–Kier alpha value is -12.0. The number of para-hydroxylation sites is 2. The zero-order valence-electron chi connectivity index (χ0n) is 53.8. The number of thiophene rings is 3. The summed E-state index contributed by atoms with van der Waals surface area (Å²) < 4.78 is 15.2. The van der Waals surface area contributed by atoms with Crippen molar-refractivity contribution in [2.75, 3.05) is 0 Å². The average molecular weight is 1320 g/mol. The third-order valence-electron chi connectivity index (χ3n) is 21.5. The van der Waals surface area contributed by atoms with E-state index in [-0.39, 0.29) is 0 Å². The van der Waals surface area contributed by atoms with Crippen molar-refractivity contribution < 1.29 is 4.42 Å². The van der Waals surface area contributed by atoms with E-state index in [1.807, 2.05) is 34.0 Å². The van der Waals surface area contributed by atoms with Crippen LogP contribution >= 0.6 is 34.0 Å². The van der Waals surface area contributed by atoms with E-state index in [0.29, 0.717) is 0 Å². The second-order valence-corrected chi connectivity index (χ2v) is 29.9. The zero-order valence-corrected chi connectivity index (χ0v) is 56.3. The molecule has 0 radical (unpaired) electrons. The van der Waals surface area contributed by atoms with Gasteiger partial charge in [-0.1, -0.05) is 285 Å². The molecule has 22 rings (SSSR count). The monoisotopic (exact) mass is 1320 g/mol. The molecule has 0 unspecified atom stereocenters. The molecule has 0 aliphatic rings. The summed E-state index contributed by atoms with van der Waals surface area (Å²) in [6, 6.07) is 122. The molecule has 0 aliphatic carbocycles. The van der Waals surface area contributed by atoms with Crippen LogP contribution in [0, 0.1) is 0 Å². The maximum absolute atomic E-state index is 7.26. The first-order valence-electron chi connectivity index (χ1n) is 34.3. The van der Waals surface area contributed by atoms with E-state index in [4.69, 9.17) is 4.42 Å². The van der Waals surface area contributed by atoms with Gasteiger partial charge in [-0.2, -0.15) is 0 Å². The highest BCUT2D eigenvalue weighted by Gasteiger charge is 2.23. The molecule has 4 aromatic heterocycles. The van der Waals surface area contributed by atoms with Crippen LogP contribution in [0.3, 0.4) is 0 Å². The highest BCUT2D eigenvalue weighted by atomic mass is 32.1. The fourth-order valence-electron chi connectivity index (χ4n) is 16.9. The van der Waals surface area contributed by atoms with Gasteiger partial charge in [0.25, 0.3) is 0 Å². The Bertz CT molecular complexity index is 7260. The van der Waals surface area contributed by atoms with Crippen LogP contribution in [0.1, 0.15) is 0 Å². The van der Waals surface area contributed by atoms with Crippen molar-refractivity contribution in [2.45, 2.75) is 0 Å². The third kappa shape index (κ3) is 8.33. The van der Waals surface area contributed by atoms with E-state index in [0.717, 1.165) is 44.2 Å². The van der Waals surface area contributed by atoms with Crippen molar-refractivity contribution in [1.82, 2.24) is 0 Å². The lowest BCUT2D eigenvalue weighted by Gasteiger charge is -2.16. The maximum Gasteiger partial charge on any atom is 0.143 e. The van der Waals surface area contributed by atoms with E-state index in [2.05, 4.69) is 328 Å². The fraction of sp³-hybridized carbons (Fsp3) is 0. The van der Waals surface area contributed by atoms with Gasteiger partial charge in [0, 0.05) is 93.5 Å². The molecular weight excluding hydrogens is 1270 g/mol. The van der Waals surface area contributed by atoms with Crippen molar-refractivity contribution in [3.8, 4) is 77.9 Å². The number of furan rings is 1. The molecule has 1 nitrogen and oxygen atoms in total. The van der Waals surface area contributed by atoms with Gasteiger partial charge < -0.3 is 4.42 Å². The first-order valence-corrected chi connectivity index (χ1v) is 36.7. The van der Waals surface area contributed by atoms with Gasteiger partial charge in [-0.05, 0) is 163 Å². The number of fused-ring (bicyclic) bond motifs is 24. The van der Waals surface area contributed by atoms with Gasteiger partial charge in [-0.3, -0.25) is 0 Å². The average Bonchev–Trinajstić information content (AvgIpc) is 1.63. The molecule has 0 aliphatic heterocycles. The van der Waals surface area contributed by atoms with Crippen LogP contribution in [0.4, 0.5) is 0 Å². The van der Waals surface area contributed by atoms with Gasteiger partial charge in [-0.25, -0.2) is 0 Å². The molecule has 22 aromatic rings. The van der Waals surface area contributed by atoms with Gasteiger partial charge in [0.15, 0.2) is 0 Å². The Morgan fingerprint density at radius 2 is 0.470 bits per heavy atom. The van der Waals surface area contributed by atoms with E-state index >= 15 is 0 Å². The Kier molecular flexibility index (Phi) is 12.2. The summed E-state index contributed by atoms with van der Waals surface area (Å²) in [7, 11) is 0. The Morgan fingerprint density at radius 1 is 0.160 bits per heavy atom. The minimum absolute atomic E-state index is 0.891. The summed E-state index contributed by atoms with van der Waals surface area (Å²) in [4.78, 5) is 0. The van der Waals surface area contributed by atoms with Gasteiger partial charge in [0.1, 0.15) is 11.2 Å². The van der Waals surface area contributed by atoms with Crippen LogP contribution in [-0.2, 0) is 0 Å². The molecule has 0 fully saturated rings. The molecule has 0 saturated carbocycles. The normalized spacial score (nSPS) is 12.2. The molecule has 4 heteroatoms. The molecule has 100 heavy (non-hydrogen) atoms. The van der Waals surface area contributed by atoms with Crippen LogP contribution in [0.5, 0.6) is 0 Å². The topological polar surface area (TPSA) is 13.1 Å². The first kappa shape index (κ1) is 56.0. The molecule has 0 amide bonds.